The summed E-state index contributed by atoms with van der Waals surface area (Å²) >= 11 is 3.70. The molecule has 0 aromatic heterocycles. The number of hydrogen-bond donors (Lipinski definition) is 1. The van der Waals surface area contributed by atoms with Gasteiger partial charge in [-0.25, -0.2) is 0 Å². The van der Waals surface area contributed by atoms with Crippen molar-refractivity contribution in [1.82, 2.24) is 0 Å². The molecule has 84 valence electrons. The molecule has 0 radical (unpaired) electrons. The van der Waals surface area contributed by atoms with Gasteiger partial charge in [0.15, 0.2) is 5.78 Å². The van der Waals surface area contributed by atoms with E-state index in [1.54, 1.807) is 0 Å². The smallest absolute Gasteiger partial charge is 0.294 e. The second-order valence-corrected chi connectivity index (χ2v) is 3.01. The summed E-state index contributed by atoms with van der Waals surface area (Å²) in [4.78, 5) is 21.5. The van der Waals surface area contributed by atoms with Gasteiger partial charge >= 0.3 is 6.18 Å². The van der Waals surface area contributed by atoms with Gasteiger partial charge in [-0.05, 0) is 17.9 Å². The molecule has 0 aliphatic carbocycles. The highest BCUT2D eigenvalue weighted by atomic mass is 32.1. The number of thiol groups is 1. The fourth-order valence-electron chi connectivity index (χ4n) is 0.666. The molecule has 0 N–H and O–H groups in total. The van der Waals surface area contributed by atoms with Crippen LogP contribution in [-0.4, -0.2) is 17.7 Å². The number of rotatable bonds is 4. The SMILES string of the molecule is C/C(=C\C=C/S)C(=O)CC(=O)C(F)(F)F. The quantitative estimate of drug-likeness (QED) is 0.353. The lowest BCUT2D eigenvalue weighted by Crippen LogP contribution is -2.25. The summed E-state index contributed by atoms with van der Waals surface area (Å²) in [6, 6.07) is 0. The number of Topliss-reactive ketones (excluding diaryl/α,β-unsaturated/α-hetero) is 2. The Balaban J connectivity index is 4.45. The van der Waals surface area contributed by atoms with E-state index in [2.05, 4.69) is 12.6 Å². The molecule has 0 amide bonds. The monoisotopic (exact) mass is 238 g/mol. The zero-order valence-electron chi connectivity index (χ0n) is 7.84. The lowest BCUT2D eigenvalue weighted by molar-refractivity contribution is -0.171. The van der Waals surface area contributed by atoms with Gasteiger partial charge in [-0.1, -0.05) is 12.2 Å². The van der Waals surface area contributed by atoms with E-state index in [1.165, 1.54) is 24.5 Å². The van der Waals surface area contributed by atoms with Gasteiger partial charge in [0.2, 0.25) is 5.78 Å². The number of allylic oxidation sites excluding steroid dienone is 3. The van der Waals surface area contributed by atoms with E-state index in [-0.39, 0.29) is 5.57 Å². The van der Waals surface area contributed by atoms with Crippen LogP contribution in [0.25, 0.3) is 0 Å². The number of carbonyl (C=O) groups excluding carboxylic acids is 2. The van der Waals surface area contributed by atoms with Crippen molar-refractivity contribution in [2.24, 2.45) is 0 Å². The molecule has 0 heterocycles. The van der Waals surface area contributed by atoms with Gasteiger partial charge in [-0.3, -0.25) is 9.59 Å². The highest BCUT2D eigenvalue weighted by Gasteiger charge is 2.39. The molecule has 0 saturated heterocycles. The standard InChI is InChI=1S/C9H9F3O2S/c1-6(3-2-4-15)7(13)5-8(14)9(10,11)12/h2-4,15H,5H2,1H3/b4-2-,6-3+. The van der Waals surface area contributed by atoms with E-state index >= 15 is 0 Å². The molecule has 15 heavy (non-hydrogen) atoms. The summed E-state index contributed by atoms with van der Waals surface area (Å²) in [7, 11) is 0. The molecule has 0 bridgehead atoms. The molecule has 0 spiro atoms. The highest BCUT2D eigenvalue weighted by molar-refractivity contribution is 7.83. The minimum Gasteiger partial charge on any atom is -0.294 e. The summed E-state index contributed by atoms with van der Waals surface area (Å²) < 4.78 is 35.3. The van der Waals surface area contributed by atoms with Crippen LogP contribution >= 0.6 is 12.6 Å². The van der Waals surface area contributed by atoms with Crippen molar-refractivity contribution in [3.05, 3.63) is 23.1 Å². The van der Waals surface area contributed by atoms with E-state index in [0.717, 1.165) is 0 Å². The number of ketones is 2. The maximum absolute atomic E-state index is 11.8. The minimum absolute atomic E-state index is 0.0814. The van der Waals surface area contributed by atoms with Crippen LogP contribution in [0.2, 0.25) is 0 Å². The van der Waals surface area contributed by atoms with Crippen molar-refractivity contribution in [2.75, 3.05) is 0 Å². The maximum Gasteiger partial charge on any atom is 0.450 e. The van der Waals surface area contributed by atoms with Crippen LogP contribution in [0.4, 0.5) is 13.2 Å². The predicted molar refractivity (Wildman–Crippen MR) is 52.6 cm³/mol. The second kappa shape index (κ2) is 5.75. The predicted octanol–water partition coefficient (Wildman–Crippen LogP) is 2.47. The first-order chi connectivity index (χ1) is 6.79. The fourth-order valence-corrected chi connectivity index (χ4v) is 0.752. The summed E-state index contributed by atoms with van der Waals surface area (Å²) in [5.41, 5.74) is 0.0814. The fraction of sp³-hybridized carbons (Fsp3) is 0.333. The van der Waals surface area contributed by atoms with E-state index in [0.29, 0.717) is 0 Å². The Morgan fingerprint density at radius 2 is 1.87 bits per heavy atom. The Morgan fingerprint density at radius 3 is 2.27 bits per heavy atom. The van der Waals surface area contributed by atoms with Crippen molar-refractivity contribution in [3.8, 4) is 0 Å². The molecule has 0 aliphatic heterocycles. The van der Waals surface area contributed by atoms with Crippen LogP contribution in [0.15, 0.2) is 23.1 Å². The average molecular weight is 238 g/mol. The average Bonchev–Trinajstić information content (AvgIpc) is 2.12. The Hall–Kier alpha value is -1.04. The second-order valence-electron chi connectivity index (χ2n) is 2.71. The molecule has 2 nitrogen and oxygen atoms in total. The molecular weight excluding hydrogens is 229 g/mol. The van der Waals surface area contributed by atoms with Gasteiger partial charge < -0.3 is 0 Å². The Kier molecular flexibility index (Phi) is 5.35. The summed E-state index contributed by atoms with van der Waals surface area (Å²) in [6.07, 6.45) is -3.42. The molecule has 0 atom stereocenters. The van der Waals surface area contributed by atoms with Gasteiger partial charge in [-0.15, -0.1) is 0 Å². The number of halogens is 3. The normalized spacial score (nSPS) is 13.3. The zero-order valence-corrected chi connectivity index (χ0v) is 8.73. The largest absolute Gasteiger partial charge is 0.450 e. The molecular formula is C9H9F3O2S. The number of hydrogen-bond acceptors (Lipinski definition) is 3. The first-order valence-electron chi connectivity index (χ1n) is 3.90. The van der Waals surface area contributed by atoms with E-state index in [9.17, 15) is 22.8 Å². The third-order valence-corrected chi connectivity index (χ3v) is 1.68. The highest BCUT2D eigenvalue weighted by Crippen LogP contribution is 2.18. The third kappa shape index (κ3) is 5.41. The van der Waals surface area contributed by atoms with Crippen LogP contribution in [0.1, 0.15) is 13.3 Å². The van der Waals surface area contributed by atoms with Gasteiger partial charge in [0.05, 0.1) is 6.42 Å². The molecule has 0 aromatic carbocycles. The molecule has 0 fully saturated rings. The molecule has 0 rings (SSSR count). The Labute approximate surface area is 90.3 Å². The van der Waals surface area contributed by atoms with Gasteiger partial charge in [0, 0.05) is 0 Å². The Morgan fingerprint density at radius 1 is 1.33 bits per heavy atom. The van der Waals surface area contributed by atoms with Crippen LogP contribution in [0.5, 0.6) is 0 Å². The summed E-state index contributed by atoms with van der Waals surface area (Å²) in [6.45, 7) is 1.33. The van der Waals surface area contributed by atoms with Crippen molar-refractivity contribution in [1.29, 1.82) is 0 Å². The molecule has 0 unspecified atom stereocenters. The summed E-state index contributed by atoms with van der Waals surface area (Å²) in [5.74, 6) is -2.88. The molecule has 0 aliphatic rings. The van der Waals surface area contributed by atoms with Crippen LogP contribution in [-0.2, 0) is 9.59 Å². The third-order valence-electron chi connectivity index (χ3n) is 1.51. The van der Waals surface area contributed by atoms with Gasteiger partial charge in [0.1, 0.15) is 0 Å². The maximum atomic E-state index is 11.8. The van der Waals surface area contributed by atoms with Crippen molar-refractivity contribution in [3.63, 3.8) is 0 Å². The van der Waals surface area contributed by atoms with Crippen LogP contribution in [0, 0.1) is 0 Å². The lowest BCUT2D eigenvalue weighted by atomic mass is 10.1. The van der Waals surface area contributed by atoms with E-state index in [4.69, 9.17) is 0 Å². The van der Waals surface area contributed by atoms with Gasteiger partial charge in [-0.2, -0.15) is 25.8 Å². The first kappa shape index (κ1) is 14.0. The molecule has 0 aromatic rings. The van der Waals surface area contributed by atoms with Crippen molar-refractivity contribution in [2.45, 2.75) is 19.5 Å². The molecule has 0 saturated carbocycles. The van der Waals surface area contributed by atoms with Gasteiger partial charge in [0.25, 0.3) is 0 Å². The van der Waals surface area contributed by atoms with Crippen LogP contribution < -0.4 is 0 Å². The first-order valence-corrected chi connectivity index (χ1v) is 4.41. The lowest BCUT2D eigenvalue weighted by Gasteiger charge is -2.03. The van der Waals surface area contributed by atoms with Crippen molar-refractivity contribution < 1.29 is 22.8 Å². The van der Waals surface area contributed by atoms with E-state index in [1.807, 2.05) is 0 Å². The van der Waals surface area contributed by atoms with E-state index < -0.39 is 24.2 Å². The Bertz CT molecular complexity index is 316. The molecule has 6 heteroatoms. The number of alkyl halides is 3. The summed E-state index contributed by atoms with van der Waals surface area (Å²) in [5, 5.41) is 1.32. The minimum atomic E-state index is -4.95. The van der Waals surface area contributed by atoms with Crippen LogP contribution in [0.3, 0.4) is 0 Å². The topological polar surface area (TPSA) is 34.1 Å². The van der Waals surface area contributed by atoms with Crippen molar-refractivity contribution >= 4 is 24.2 Å². The number of carbonyl (C=O) groups is 2. The zero-order chi connectivity index (χ0) is 12.1.